The van der Waals surface area contributed by atoms with Crippen molar-refractivity contribution in [1.29, 1.82) is 0 Å². The maximum atomic E-state index is 14.3. The van der Waals surface area contributed by atoms with Gasteiger partial charge in [-0.25, -0.2) is 4.57 Å². The Bertz CT molecular complexity index is 2070. The number of ether oxygens (including phenoxy) is 7. The molecule has 1 aliphatic carbocycles. The molecule has 3 rings (SSSR count). The summed E-state index contributed by atoms with van der Waals surface area (Å²) in [7, 11) is -5.70. The first-order chi connectivity index (χ1) is 45.8. The third-order valence-corrected chi connectivity index (χ3v) is 18.9. The van der Waals surface area contributed by atoms with E-state index in [0.717, 1.165) is 109 Å². The van der Waals surface area contributed by atoms with Crippen LogP contribution < -0.4 is 0 Å². The van der Waals surface area contributed by atoms with Gasteiger partial charge in [0.05, 0.1) is 13.2 Å². The average Bonchev–Trinajstić information content (AvgIpc) is 0.764. The fraction of sp³-hybridized carbons (Fsp3) is 0.900. The second kappa shape index (κ2) is 52.4. The Hall–Kier alpha value is -2.56. The zero-order chi connectivity index (χ0) is 69.6. The van der Waals surface area contributed by atoms with Crippen molar-refractivity contribution in [3.05, 3.63) is 24.3 Å². The number of hydrogen-bond donors (Lipinski definition) is 11. The van der Waals surface area contributed by atoms with Crippen molar-refractivity contribution < 1.29 is 117 Å². The molecule has 0 aromatic rings. The monoisotopic (exact) mass is 1380 g/mol. The first-order valence-electron chi connectivity index (χ1n) is 36.6. The quantitative estimate of drug-likeness (QED) is 0.00887. The van der Waals surface area contributed by atoms with Crippen LogP contribution in [0.2, 0.25) is 0 Å². The van der Waals surface area contributed by atoms with Crippen molar-refractivity contribution in [2.45, 2.75) is 375 Å². The minimum Gasteiger partial charge on any atom is -0.463 e. The van der Waals surface area contributed by atoms with Crippen LogP contribution in [0.3, 0.4) is 0 Å². The minimum atomic E-state index is -5.70. The fourth-order valence-corrected chi connectivity index (χ4v) is 12.9. The number of aliphatic hydroxyl groups is 10. The summed E-state index contributed by atoms with van der Waals surface area (Å²) in [5.74, 6) is -2.01. The van der Waals surface area contributed by atoms with Gasteiger partial charge in [-0.3, -0.25) is 23.4 Å². The molecule has 3 fully saturated rings. The highest BCUT2D eigenvalue weighted by atomic mass is 31.2. The number of phosphoric acid groups is 1. The van der Waals surface area contributed by atoms with E-state index in [1.54, 1.807) is 0 Å². The van der Waals surface area contributed by atoms with Crippen molar-refractivity contribution in [2.75, 3.05) is 26.4 Å². The Labute approximate surface area is 566 Å². The topological polar surface area (TPSA) is 374 Å². The smallest absolute Gasteiger partial charge is 0.463 e. The molecule has 556 valence electrons. The van der Waals surface area contributed by atoms with Crippen LogP contribution in [0.25, 0.3) is 0 Å². The molecule has 1 saturated carbocycles. The average molecular weight is 1380 g/mol. The van der Waals surface area contributed by atoms with Crippen molar-refractivity contribution in [2.24, 2.45) is 0 Å². The van der Waals surface area contributed by atoms with Crippen molar-refractivity contribution in [1.82, 2.24) is 0 Å². The first kappa shape index (κ1) is 86.7. The predicted molar refractivity (Wildman–Crippen MR) is 356 cm³/mol. The Kier molecular flexibility index (Phi) is 47.8. The highest BCUT2D eigenvalue weighted by molar-refractivity contribution is 7.47. The standard InChI is InChI=1S/C70H127O24P/c1-4-7-10-13-16-19-22-25-26-28-30-33-36-39-42-45-55(73)87-50-53-58(76)60(78)65(83)70(91-53)93-67-63(81)61(79)62(80)66(92-69-64(82)59(77)57(75)52(47-71)90-69)68(67)94-95(84,85)88-49-51(48-86-54(72)44-41-38-35-32-29-24-21-18-15-12-9-6-3)89-56(74)46-43-40-37-34-31-27-23-20-17-14-11-8-5-2/h19,22,27,31,51-53,57-71,75-83H,4-18,20-21,23-26,28-30,32-50H2,1-3H3,(H,84,85)/b22-19-,31-27-. The molecule has 24 nitrogen and oxygen atoms in total. The van der Waals surface area contributed by atoms with Crippen LogP contribution in [0.4, 0.5) is 0 Å². The summed E-state index contributed by atoms with van der Waals surface area (Å²) in [5, 5.41) is 110. The van der Waals surface area contributed by atoms with Gasteiger partial charge in [0.2, 0.25) is 0 Å². The Morgan fingerprint density at radius 3 is 1.16 bits per heavy atom. The molecule has 0 bridgehead atoms. The molecule has 0 amide bonds. The maximum Gasteiger partial charge on any atom is 0.472 e. The molecule has 18 unspecified atom stereocenters. The number of hydrogen-bond acceptors (Lipinski definition) is 23. The molecule has 0 aromatic heterocycles. The van der Waals surface area contributed by atoms with Gasteiger partial charge in [0.25, 0.3) is 0 Å². The molecule has 95 heavy (non-hydrogen) atoms. The van der Waals surface area contributed by atoms with Crippen LogP contribution in [-0.2, 0) is 61.2 Å². The zero-order valence-corrected chi connectivity index (χ0v) is 58.6. The lowest BCUT2D eigenvalue weighted by atomic mass is 9.84. The number of carbonyl (C=O) groups is 3. The lowest BCUT2D eigenvalue weighted by Gasteiger charge is -2.49. The largest absolute Gasteiger partial charge is 0.472 e. The summed E-state index contributed by atoms with van der Waals surface area (Å²) in [5.41, 5.74) is 0. The summed E-state index contributed by atoms with van der Waals surface area (Å²) in [6, 6.07) is 0. The van der Waals surface area contributed by atoms with Crippen molar-refractivity contribution in [3.8, 4) is 0 Å². The molecular weight excluding hydrogens is 1260 g/mol. The molecule has 2 heterocycles. The molecule has 25 heteroatoms. The van der Waals surface area contributed by atoms with Gasteiger partial charge >= 0.3 is 25.7 Å². The van der Waals surface area contributed by atoms with Crippen molar-refractivity contribution in [3.63, 3.8) is 0 Å². The summed E-state index contributed by atoms with van der Waals surface area (Å²) in [6.07, 6.45) is 11.2. The maximum absolute atomic E-state index is 14.3. The summed E-state index contributed by atoms with van der Waals surface area (Å²) >= 11 is 0. The zero-order valence-electron chi connectivity index (χ0n) is 57.7. The summed E-state index contributed by atoms with van der Waals surface area (Å²) < 4.78 is 64.9. The van der Waals surface area contributed by atoms with Crippen LogP contribution in [0.15, 0.2) is 24.3 Å². The van der Waals surface area contributed by atoms with E-state index in [1.807, 2.05) is 0 Å². The Morgan fingerprint density at radius 1 is 0.400 bits per heavy atom. The van der Waals surface area contributed by atoms with Gasteiger partial charge < -0.3 is 89.1 Å². The number of allylic oxidation sites excluding steroid dienone is 4. The SMILES string of the molecule is CCCCCC/C=C\CCCCCCCCCC(=O)OCC1OC(OC2C(O)C(O)C(O)C(OC3OC(CO)C(O)C(O)C3O)C2OP(=O)(O)OCC(COC(=O)CCCCCCCCCCCCCC)OC(=O)CCCCC/C=C\CCCCCCCC)C(O)C(O)C1O. The summed E-state index contributed by atoms with van der Waals surface area (Å²) in [6.45, 7) is 3.39. The van der Waals surface area contributed by atoms with E-state index in [1.165, 1.54) is 96.3 Å². The molecule has 0 radical (unpaired) electrons. The van der Waals surface area contributed by atoms with E-state index in [4.69, 9.17) is 42.2 Å². The van der Waals surface area contributed by atoms with E-state index in [9.17, 15) is 74.9 Å². The van der Waals surface area contributed by atoms with Gasteiger partial charge in [-0.05, 0) is 70.6 Å². The van der Waals surface area contributed by atoms with Gasteiger partial charge in [0.1, 0.15) is 98.7 Å². The molecule has 11 N–H and O–H groups in total. The molecule has 18 atom stereocenters. The normalized spacial score (nSPS) is 28.2. The van der Waals surface area contributed by atoms with E-state index < -0.39 is 156 Å². The third-order valence-electron chi connectivity index (χ3n) is 18.0. The van der Waals surface area contributed by atoms with E-state index in [0.29, 0.717) is 25.7 Å². The van der Waals surface area contributed by atoms with Gasteiger partial charge in [-0.15, -0.1) is 0 Å². The summed E-state index contributed by atoms with van der Waals surface area (Å²) in [4.78, 5) is 50.9. The lowest BCUT2D eigenvalue weighted by Crippen LogP contribution is -2.69. The van der Waals surface area contributed by atoms with Gasteiger partial charge in [-0.1, -0.05) is 206 Å². The number of phosphoric ester groups is 1. The number of esters is 3. The number of rotatable bonds is 56. The molecule has 3 aliphatic rings. The second-order valence-corrected chi connectivity index (χ2v) is 27.7. The molecular formula is C70H127O24P. The molecule has 0 spiro atoms. The van der Waals surface area contributed by atoms with Gasteiger partial charge in [0.15, 0.2) is 18.7 Å². The highest BCUT2D eigenvalue weighted by Gasteiger charge is 2.58. The second-order valence-electron chi connectivity index (χ2n) is 26.3. The van der Waals surface area contributed by atoms with Crippen LogP contribution in [0.1, 0.15) is 271 Å². The van der Waals surface area contributed by atoms with Crippen LogP contribution in [0.5, 0.6) is 0 Å². The number of aliphatic hydroxyl groups excluding tert-OH is 10. The first-order valence-corrected chi connectivity index (χ1v) is 38.1. The molecule has 0 aromatic carbocycles. The fourth-order valence-electron chi connectivity index (χ4n) is 11.9. The van der Waals surface area contributed by atoms with E-state index in [2.05, 4.69) is 45.1 Å². The number of unbranched alkanes of at least 4 members (excludes halogenated alkanes) is 31. The number of carbonyl (C=O) groups excluding carboxylic acids is 3. The Morgan fingerprint density at radius 2 is 0.737 bits per heavy atom. The third kappa shape index (κ3) is 36.1. The Balaban J connectivity index is 1.75. The van der Waals surface area contributed by atoms with Crippen molar-refractivity contribution >= 4 is 25.7 Å². The molecule has 2 aliphatic heterocycles. The molecule has 2 saturated heterocycles. The van der Waals surface area contributed by atoms with Gasteiger partial charge in [0, 0.05) is 19.3 Å². The lowest BCUT2D eigenvalue weighted by molar-refractivity contribution is -0.360. The van der Waals surface area contributed by atoms with Crippen LogP contribution >= 0.6 is 7.82 Å². The van der Waals surface area contributed by atoms with E-state index in [-0.39, 0.29) is 19.3 Å². The minimum absolute atomic E-state index is 0.0229. The highest BCUT2D eigenvalue weighted by Crippen LogP contribution is 2.49. The van der Waals surface area contributed by atoms with Crippen LogP contribution in [-0.4, -0.2) is 204 Å². The van der Waals surface area contributed by atoms with Gasteiger partial charge in [-0.2, -0.15) is 0 Å². The van der Waals surface area contributed by atoms with E-state index >= 15 is 0 Å². The predicted octanol–water partition coefficient (Wildman–Crippen LogP) is 9.35. The van der Waals surface area contributed by atoms with Crippen LogP contribution in [0, 0.1) is 0 Å².